The van der Waals surface area contributed by atoms with Gasteiger partial charge in [-0.15, -0.1) is 0 Å². The van der Waals surface area contributed by atoms with Crippen LogP contribution >= 0.6 is 0 Å². The average Bonchev–Trinajstić information content (AvgIpc) is 2.78. The van der Waals surface area contributed by atoms with Gasteiger partial charge in [0, 0.05) is 5.56 Å². The molecule has 34 heavy (non-hydrogen) atoms. The fourth-order valence-electron chi connectivity index (χ4n) is 3.50. The van der Waals surface area contributed by atoms with Crippen molar-refractivity contribution in [2.45, 2.75) is 40.3 Å². The van der Waals surface area contributed by atoms with E-state index in [9.17, 15) is 13.2 Å². The standard InChI is InChI=1S/C27H32N2O4S/c1-19-7-14-25(15-8-19)33-18-22(4)28-27(30)24-12-10-23(11-13-24)17-29(34(5,31)32)26-16-20(2)6-9-21(26)3/h6-16,22H,17-18H2,1-5H3,(H,28,30). The Morgan fingerprint density at radius 3 is 2.18 bits per heavy atom. The van der Waals surface area contributed by atoms with E-state index in [-0.39, 0.29) is 18.5 Å². The zero-order valence-electron chi connectivity index (χ0n) is 20.3. The molecular formula is C27H32N2O4S. The van der Waals surface area contributed by atoms with Crippen LogP contribution < -0.4 is 14.4 Å². The van der Waals surface area contributed by atoms with Crippen LogP contribution in [-0.4, -0.2) is 33.2 Å². The lowest BCUT2D eigenvalue weighted by molar-refractivity contribution is 0.0926. The van der Waals surface area contributed by atoms with Crippen molar-refractivity contribution in [1.29, 1.82) is 0 Å². The molecule has 0 bridgehead atoms. The Morgan fingerprint density at radius 2 is 1.56 bits per heavy atom. The molecule has 180 valence electrons. The lowest BCUT2D eigenvalue weighted by Gasteiger charge is -2.25. The summed E-state index contributed by atoms with van der Waals surface area (Å²) in [6.07, 6.45) is 1.21. The van der Waals surface area contributed by atoms with Crippen LogP contribution in [0.25, 0.3) is 0 Å². The van der Waals surface area contributed by atoms with E-state index in [1.807, 2.05) is 70.2 Å². The van der Waals surface area contributed by atoms with E-state index in [0.29, 0.717) is 17.9 Å². The Kier molecular flexibility index (Phi) is 7.99. The van der Waals surface area contributed by atoms with Gasteiger partial charge in [0.1, 0.15) is 12.4 Å². The van der Waals surface area contributed by atoms with Crippen LogP contribution in [0.4, 0.5) is 5.69 Å². The molecule has 1 amide bonds. The highest BCUT2D eigenvalue weighted by molar-refractivity contribution is 7.92. The summed E-state index contributed by atoms with van der Waals surface area (Å²) in [5.41, 5.74) is 4.98. The van der Waals surface area contributed by atoms with Crippen molar-refractivity contribution in [1.82, 2.24) is 5.32 Å². The van der Waals surface area contributed by atoms with Gasteiger partial charge in [-0.05, 0) is 74.7 Å². The molecule has 3 aromatic rings. The summed E-state index contributed by atoms with van der Waals surface area (Å²) in [6.45, 7) is 8.26. The van der Waals surface area contributed by atoms with Gasteiger partial charge in [-0.1, -0.05) is 42.0 Å². The fourth-order valence-corrected chi connectivity index (χ4v) is 4.44. The fraction of sp³-hybridized carbons (Fsp3) is 0.296. The molecule has 0 saturated carbocycles. The summed E-state index contributed by atoms with van der Waals surface area (Å²) in [5.74, 6) is 0.552. The van der Waals surface area contributed by atoms with Gasteiger partial charge in [0.25, 0.3) is 5.91 Å². The lowest BCUT2D eigenvalue weighted by atomic mass is 10.1. The highest BCUT2D eigenvalue weighted by Gasteiger charge is 2.20. The molecule has 3 rings (SSSR count). The van der Waals surface area contributed by atoms with Gasteiger partial charge in [-0.25, -0.2) is 8.42 Å². The molecule has 1 N–H and O–H groups in total. The van der Waals surface area contributed by atoms with Crippen LogP contribution in [0.15, 0.2) is 66.7 Å². The number of nitrogens with zero attached hydrogens (tertiary/aromatic N) is 1. The van der Waals surface area contributed by atoms with E-state index < -0.39 is 10.0 Å². The largest absolute Gasteiger partial charge is 0.491 e. The van der Waals surface area contributed by atoms with Crippen LogP contribution in [-0.2, 0) is 16.6 Å². The van der Waals surface area contributed by atoms with Gasteiger partial charge in [0.05, 0.1) is 24.5 Å². The highest BCUT2D eigenvalue weighted by atomic mass is 32.2. The maximum Gasteiger partial charge on any atom is 0.251 e. The van der Waals surface area contributed by atoms with Gasteiger partial charge in [-0.3, -0.25) is 9.10 Å². The number of rotatable bonds is 9. The minimum absolute atomic E-state index is 0.182. The number of aryl methyl sites for hydroxylation is 3. The molecule has 1 unspecified atom stereocenters. The second-order valence-corrected chi connectivity index (χ2v) is 10.7. The number of nitrogens with one attached hydrogen (secondary N) is 1. The first-order chi connectivity index (χ1) is 16.0. The first-order valence-corrected chi connectivity index (χ1v) is 13.0. The van der Waals surface area contributed by atoms with Gasteiger partial charge >= 0.3 is 0 Å². The molecule has 1 atom stereocenters. The summed E-state index contributed by atoms with van der Waals surface area (Å²) in [4.78, 5) is 12.6. The number of hydrogen-bond acceptors (Lipinski definition) is 4. The molecule has 7 heteroatoms. The summed E-state index contributed by atoms with van der Waals surface area (Å²) in [6, 6.07) is 20.3. The number of anilines is 1. The molecular weight excluding hydrogens is 448 g/mol. The normalized spacial score (nSPS) is 12.1. The minimum Gasteiger partial charge on any atom is -0.491 e. The Balaban J connectivity index is 1.64. The number of benzene rings is 3. The Bertz CT molecular complexity index is 1240. The van der Waals surface area contributed by atoms with Gasteiger partial charge in [-0.2, -0.15) is 0 Å². The van der Waals surface area contributed by atoms with Crippen molar-refractivity contribution in [3.05, 3.63) is 94.5 Å². The topological polar surface area (TPSA) is 75.7 Å². The highest BCUT2D eigenvalue weighted by Crippen LogP contribution is 2.26. The number of carbonyl (C=O) groups excluding carboxylic acids is 1. The molecule has 6 nitrogen and oxygen atoms in total. The lowest BCUT2D eigenvalue weighted by Crippen LogP contribution is -2.36. The summed E-state index contributed by atoms with van der Waals surface area (Å²) in [5, 5.41) is 2.93. The molecule has 0 aliphatic rings. The first-order valence-electron chi connectivity index (χ1n) is 11.2. The molecule has 0 radical (unpaired) electrons. The first kappa shape index (κ1) is 25.3. The molecule has 3 aromatic carbocycles. The number of amides is 1. The average molecular weight is 481 g/mol. The Labute approximate surface area is 202 Å². The monoisotopic (exact) mass is 480 g/mol. The molecule has 0 heterocycles. The van der Waals surface area contributed by atoms with E-state index >= 15 is 0 Å². The molecule has 0 spiro atoms. The summed E-state index contributed by atoms with van der Waals surface area (Å²) < 4.78 is 32.2. The number of sulfonamides is 1. The predicted octanol–water partition coefficient (Wildman–Crippen LogP) is 4.78. The van der Waals surface area contributed by atoms with Crippen LogP contribution in [0.1, 0.15) is 39.5 Å². The number of carbonyl (C=O) groups is 1. The third-order valence-corrected chi connectivity index (χ3v) is 6.60. The summed E-state index contributed by atoms with van der Waals surface area (Å²) >= 11 is 0. The van der Waals surface area contributed by atoms with E-state index in [1.165, 1.54) is 10.6 Å². The quantitative estimate of drug-likeness (QED) is 0.478. The third-order valence-electron chi connectivity index (χ3n) is 5.47. The zero-order chi connectivity index (χ0) is 24.9. The van der Waals surface area contributed by atoms with Gasteiger partial charge in [0.15, 0.2) is 0 Å². The minimum atomic E-state index is -3.49. The maximum absolute atomic E-state index is 12.6. The van der Waals surface area contributed by atoms with Crippen LogP contribution in [0.5, 0.6) is 5.75 Å². The van der Waals surface area contributed by atoms with Crippen molar-refractivity contribution in [3.8, 4) is 5.75 Å². The molecule has 0 fully saturated rings. The SMILES string of the molecule is Cc1ccc(OCC(C)NC(=O)c2ccc(CN(c3cc(C)ccc3C)S(C)(=O)=O)cc2)cc1. The maximum atomic E-state index is 12.6. The van der Waals surface area contributed by atoms with E-state index in [1.54, 1.807) is 24.3 Å². The molecule has 0 aliphatic heterocycles. The number of ether oxygens (including phenoxy) is 1. The molecule has 0 aromatic heterocycles. The third kappa shape index (κ3) is 6.84. The number of hydrogen-bond donors (Lipinski definition) is 1. The van der Waals surface area contributed by atoms with E-state index in [0.717, 1.165) is 28.0 Å². The van der Waals surface area contributed by atoms with Crippen molar-refractivity contribution in [2.24, 2.45) is 0 Å². The molecule has 0 saturated heterocycles. The Hall–Kier alpha value is -3.32. The van der Waals surface area contributed by atoms with Crippen LogP contribution in [0.2, 0.25) is 0 Å². The van der Waals surface area contributed by atoms with Gasteiger partial charge in [0.2, 0.25) is 10.0 Å². The van der Waals surface area contributed by atoms with Crippen molar-refractivity contribution < 1.29 is 17.9 Å². The second kappa shape index (κ2) is 10.7. The van der Waals surface area contributed by atoms with Gasteiger partial charge < -0.3 is 10.1 Å². The van der Waals surface area contributed by atoms with Crippen molar-refractivity contribution >= 4 is 21.6 Å². The summed E-state index contributed by atoms with van der Waals surface area (Å²) in [7, 11) is -3.49. The Morgan fingerprint density at radius 1 is 0.941 bits per heavy atom. The zero-order valence-corrected chi connectivity index (χ0v) is 21.1. The predicted molar refractivity (Wildman–Crippen MR) is 137 cm³/mol. The molecule has 0 aliphatic carbocycles. The van der Waals surface area contributed by atoms with Crippen molar-refractivity contribution in [2.75, 3.05) is 17.2 Å². The smallest absolute Gasteiger partial charge is 0.251 e. The second-order valence-electron chi connectivity index (χ2n) is 8.76. The van der Waals surface area contributed by atoms with Crippen molar-refractivity contribution in [3.63, 3.8) is 0 Å². The van der Waals surface area contributed by atoms with Crippen LogP contribution in [0, 0.1) is 20.8 Å². The van der Waals surface area contributed by atoms with E-state index in [4.69, 9.17) is 4.74 Å². The van der Waals surface area contributed by atoms with Crippen LogP contribution in [0.3, 0.4) is 0 Å². The van der Waals surface area contributed by atoms with E-state index in [2.05, 4.69) is 5.32 Å².